The van der Waals surface area contributed by atoms with Crippen LogP contribution in [0.3, 0.4) is 0 Å². The molecule has 3 rings (SSSR count). The van der Waals surface area contributed by atoms with Gasteiger partial charge < -0.3 is 20.1 Å². The van der Waals surface area contributed by atoms with E-state index < -0.39 is 0 Å². The van der Waals surface area contributed by atoms with Crippen molar-refractivity contribution in [1.29, 1.82) is 0 Å². The van der Waals surface area contributed by atoms with Crippen LogP contribution in [0.1, 0.15) is 29.4 Å². The molecule has 2 aromatic rings. The average Bonchev–Trinajstić information content (AvgIpc) is 3.13. The second-order valence-corrected chi connectivity index (χ2v) is 5.70. The average molecular weight is 367 g/mol. The maximum atomic E-state index is 12.4. The summed E-state index contributed by atoms with van der Waals surface area (Å²) in [6, 6.07) is 7.28. The van der Waals surface area contributed by atoms with Gasteiger partial charge in [0.15, 0.2) is 5.69 Å². The molecule has 0 saturated carbocycles. The maximum absolute atomic E-state index is 12.4. The minimum atomic E-state index is -0.263. The van der Waals surface area contributed by atoms with E-state index in [9.17, 15) is 4.79 Å². The number of carbonyl (C=O) groups excluding carboxylic acids is 1. The Morgan fingerprint density at radius 1 is 1.32 bits per heavy atom. The zero-order chi connectivity index (χ0) is 16.9. The lowest BCUT2D eigenvalue weighted by Gasteiger charge is -2.22. The number of hydrogen-bond donors (Lipinski definition) is 2. The van der Waals surface area contributed by atoms with Gasteiger partial charge in [0.25, 0.3) is 5.91 Å². The molecule has 1 saturated heterocycles. The van der Waals surface area contributed by atoms with Crippen LogP contribution in [-0.4, -0.2) is 43.0 Å². The first-order valence-corrected chi connectivity index (χ1v) is 8.00. The Labute approximate surface area is 153 Å². The smallest absolute Gasteiger partial charge is 0.276 e. The minimum absolute atomic E-state index is 0. The molecule has 2 heterocycles. The molecule has 2 N–H and O–H groups in total. The number of methoxy groups -OCH3 is 2. The van der Waals surface area contributed by atoms with Crippen molar-refractivity contribution < 1.29 is 14.3 Å². The van der Waals surface area contributed by atoms with Crippen LogP contribution in [0.15, 0.2) is 30.5 Å². The molecule has 0 spiro atoms. The molecule has 0 aliphatic carbocycles. The second kappa shape index (κ2) is 8.73. The fourth-order valence-electron chi connectivity index (χ4n) is 2.81. The molecule has 1 fully saturated rings. The van der Waals surface area contributed by atoms with E-state index in [1.807, 2.05) is 10.9 Å². The molecule has 1 amide bonds. The number of aromatic nitrogens is 2. The van der Waals surface area contributed by atoms with E-state index in [-0.39, 0.29) is 18.3 Å². The van der Waals surface area contributed by atoms with Gasteiger partial charge in [0.2, 0.25) is 0 Å². The topological polar surface area (TPSA) is 77.4 Å². The molecule has 25 heavy (non-hydrogen) atoms. The summed E-state index contributed by atoms with van der Waals surface area (Å²) in [5.41, 5.74) is 0.968. The van der Waals surface area contributed by atoms with Crippen LogP contribution in [-0.2, 0) is 0 Å². The number of rotatable bonds is 5. The van der Waals surface area contributed by atoms with Crippen LogP contribution in [0.2, 0.25) is 0 Å². The molecule has 7 nitrogen and oxygen atoms in total. The summed E-state index contributed by atoms with van der Waals surface area (Å²) in [6.45, 7) is 1.93. The molecular weight excluding hydrogens is 344 g/mol. The first-order valence-electron chi connectivity index (χ1n) is 8.00. The largest absolute Gasteiger partial charge is 0.497 e. The first-order chi connectivity index (χ1) is 11.7. The number of benzene rings is 1. The third kappa shape index (κ3) is 4.43. The predicted octanol–water partition coefficient (Wildman–Crippen LogP) is 2.50. The highest BCUT2D eigenvalue weighted by Gasteiger charge is 2.18. The number of carbonyl (C=O) groups is 1. The fraction of sp³-hybridized carbons (Fsp3) is 0.412. The van der Waals surface area contributed by atoms with E-state index in [0.717, 1.165) is 25.9 Å². The summed E-state index contributed by atoms with van der Waals surface area (Å²) in [4.78, 5) is 12.4. The standard InChI is InChI=1S/C17H22N4O3.ClH/c1-23-13-5-6-14(16(10-13)24-2)19-17(22)15-7-9-21(20-15)12-4-3-8-18-11-12;/h5-7,9-10,12,18H,3-4,8,11H2,1-2H3,(H,19,22);1H. The molecule has 0 radical (unpaired) electrons. The van der Waals surface area contributed by atoms with Crippen molar-refractivity contribution in [2.75, 3.05) is 32.6 Å². The van der Waals surface area contributed by atoms with Crippen LogP contribution in [0.25, 0.3) is 0 Å². The van der Waals surface area contributed by atoms with Crippen molar-refractivity contribution in [3.63, 3.8) is 0 Å². The van der Waals surface area contributed by atoms with Crippen molar-refractivity contribution in [3.05, 3.63) is 36.2 Å². The Morgan fingerprint density at radius 2 is 2.16 bits per heavy atom. The Bertz CT molecular complexity index is 714. The predicted molar refractivity (Wildman–Crippen MR) is 98.1 cm³/mol. The van der Waals surface area contributed by atoms with Crippen molar-refractivity contribution in [1.82, 2.24) is 15.1 Å². The highest BCUT2D eigenvalue weighted by atomic mass is 35.5. The van der Waals surface area contributed by atoms with Gasteiger partial charge in [-0.15, -0.1) is 12.4 Å². The summed E-state index contributed by atoms with van der Waals surface area (Å²) in [5, 5.41) is 10.6. The van der Waals surface area contributed by atoms with Crippen molar-refractivity contribution in [3.8, 4) is 11.5 Å². The number of hydrogen-bond acceptors (Lipinski definition) is 5. The van der Waals surface area contributed by atoms with Crippen molar-refractivity contribution in [2.45, 2.75) is 18.9 Å². The second-order valence-electron chi connectivity index (χ2n) is 5.70. The summed E-state index contributed by atoms with van der Waals surface area (Å²) in [6.07, 6.45) is 4.05. The van der Waals surface area contributed by atoms with Gasteiger partial charge in [0, 0.05) is 18.8 Å². The quantitative estimate of drug-likeness (QED) is 0.850. The zero-order valence-corrected chi connectivity index (χ0v) is 15.1. The Balaban J connectivity index is 0.00000225. The molecule has 136 valence electrons. The lowest BCUT2D eigenvalue weighted by atomic mass is 10.1. The molecule has 0 bridgehead atoms. The molecular formula is C17H23ClN4O3. The van der Waals surface area contributed by atoms with E-state index in [0.29, 0.717) is 28.9 Å². The van der Waals surface area contributed by atoms with Crippen molar-refractivity contribution >= 4 is 24.0 Å². The molecule has 8 heteroatoms. The lowest BCUT2D eigenvalue weighted by Crippen LogP contribution is -2.32. The summed E-state index contributed by atoms with van der Waals surface area (Å²) >= 11 is 0. The van der Waals surface area contributed by atoms with E-state index in [1.54, 1.807) is 38.5 Å². The zero-order valence-electron chi connectivity index (χ0n) is 14.3. The number of nitrogens with zero attached hydrogens (tertiary/aromatic N) is 2. The first kappa shape index (κ1) is 19.1. The number of ether oxygens (including phenoxy) is 2. The van der Waals surface area contributed by atoms with Gasteiger partial charge in [0.05, 0.1) is 25.9 Å². The van der Waals surface area contributed by atoms with Crippen LogP contribution in [0.4, 0.5) is 5.69 Å². The number of piperidine rings is 1. The molecule has 1 aliphatic heterocycles. The van der Waals surface area contributed by atoms with E-state index in [1.165, 1.54) is 0 Å². The van der Waals surface area contributed by atoms with Crippen molar-refractivity contribution in [2.24, 2.45) is 0 Å². The van der Waals surface area contributed by atoms with Gasteiger partial charge >= 0.3 is 0 Å². The van der Waals surface area contributed by atoms with Gasteiger partial charge in [0.1, 0.15) is 11.5 Å². The van der Waals surface area contributed by atoms with E-state index in [4.69, 9.17) is 9.47 Å². The van der Waals surface area contributed by atoms with Gasteiger partial charge in [-0.05, 0) is 37.6 Å². The minimum Gasteiger partial charge on any atom is -0.497 e. The number of nitrogens with one attached hydrogen (secondary N) is 2. The number of halogens is 1. The third-order valence-corrected chi connectivity index (χ3v) is 4.14. The lowest BCUT2D eigenvalue weighted by molar-refractivity contribution is 0.102. The fourth-order valence-corrected chi connectivity index (χ4v) is 2.81. The van der Waals surface area contributed by atoms with E-state index >= 15 is 0 Å². The molecule has 1 atom stereocenters. The molecule has 1 unspecified atom stereocenters. The SMILES string of the molecule is COc1ccc(NC(=O)c2ccn(C3CCCNC3)n2)c(OC)c1.Cl. The number of anilines is 1. The monoisotopic (exact) mass is 366 g/mol. The molecule has 1 aliphatic rings. The highest BCUT2D eigenvalue weighted by molar-refractivity contribution is 6.03. The Morgan fingerprint density at radius 3 is 2.84 bits per heavy atom. The van der Waals surface area contributed by atoms with Gasteiger partial charge in [-0.1, -0.05) is 0 Å². The van der Waals surface area contributed by atoms with Crippen LogP contribution in [0.5, 0.6) is 11.5 Å². The summed E-state index contributed by atoms with van der Waals surface area (Å²) < 4.78 is 12.3. The van der Waals surface area contributed by atoms with Gasteiger partial charge in [-0.2, -0.15) is 5.10 Å². The normalized spacial score (nSPS) is 16.6. The summed E-state index contributed by atoms with van der Waals surface area (Å²) in [7, 11) is 3.13. The van der Waals surface area contributed by atoms with Crippen LogP contribution < -0.4 is 20.1 Å². The number of amides is 1. The molecule has 1 aromatic carbocycles. The van der Waals surface area contributed by atoms with Crippen LogP contribution >= 0.6 is 12.4 Å². The van der Waals surface area contributed by atoms with Gasteiger partial charge in [-0.25, -0.2) is 0 Å². The molecule has 1 aromatic heterocycles. The highest BCUT2D eigenvalue weighted by Crippen LogP contribution is 2.29. The maximum Gasteiger partial charge on any atom is 0.276 e. The Kier molecular flexibility index (Phi) is 6.66. The van der Waals surface area contributed by atoms with E-state index in [2.05, 4.69) is 15.7 Å². The third-order valence-electron chi connectivity index (χ3n) is 4.14. The Hall–Kier alpha value is -2.25. The summed E-state index contributed by atoms with van der Waals surface area (Å²) in [5.74, 6) is 0.943. The van der Waals surface area contributed by atoms with Gasteiger partial charge in [-0.3, -0.25) is 9.48 Å². The van der Waals surface area contributed by atoms with Crippen LogP contribution in [0, 0.1) is 0 Å².